The van der Waals surface area contributed by atoms with Crippen LogP contribution in [0.25, 0.3) is 10.8 Å². The van der Waals surface area contributed by atoms with Crippen molar-refractivity contribution >= 4 is 22.4 Å². The van der Waals surface area contributed by atoms with Crippen molar-refractivity contribution in [2.24, 2.45) is 5.73 Å². The Labute approximate surface area is 87.1 Å². The summed E-state index contributed by atoms with van der Waals surface area (Å²) in [5.74, 6) is -0.202. The van der Waals surface area contributed by atoms with Gasteiger partial charge in [-0.1, -0.05) is 12.1 Å². The van der Waals surface area contributed by atoms with Gasteiger partial charge in [0.15, 0.2) is 0 Å². The number of benzene rings is 1. The van der Waals surface area contributed by atoms with E-state index in [2.05, 4.69) is 10.3 Å². The maximum atomic E-state index is 11.2. The molecule has 0 saturated carbocycles. The highest BCUT2D eigenvalue weighted by atomic mass is 16.1. The standard InChI is InChI=1S/C11H11N3O/c12-6-11(15)14-10-3-1-2-8-4-5-13-7-9(8)10/h1-5,7H,6,12H2,(H,14,15). The van der Waals surface area contributed by atoms with E-state index in [1.54, 1.807) is 12.4 Å². The molecule has 0 unspecified atom stereocenters. The number of pyridine rings is 1. The molecule has 1 aromatic heterocycles. The number of amides is 1. The van der Waals surface area contributed by atoms with Crippen LogP contribution >= 0.6 is 0 Å². The molecule has 1 heterocycles. The Bertz CT molecular complexity index is 491. The Hall–Kier alpha value is -1.94. The Balaban J connectivity index is 2.46. The predicted molar refractivity (Wildman–Crippen MR) is 59.4 cm³/mol. The summed E-state index contributed by atoms with van der Waals surface area (Å²) >= 11 is 0. The number of fused-ring (bicyclic) bond motifs is 1. The van der Waals surface area contributed by atoms with Gasteiger partial charge >= 0.3 is 0 Å². The van der Waals surface area contributed by atoms with Gasteiger partial charge in [-0.3, -0.25) is 9.78 Å². The maximum absolute atomic E-state index is 11.2. The Morgan fingerprint density at radius 3 is 3.07 bits per heavy atom. The minimum atomic E-state index is -0.202. The molecule has 0 aliphatic carbocycles. The first-order valence-corrected chi connectivity index (χ1v) is 4.64. The first-order chi connectivity index (χ1) is 7.31. The summed E-state index contributed by atoms with van der Waals surface area (Å²) in [5, 5.41) is 4.69. The molecule has 0 bridgehead atoms. The summed E-state index contributed by atoms with van der Waals surface area (Å²) in [6.45, 7) is -0.0172. The summed E-state index contributed by atoms with van der Waals surface area (Å²) in [6, 6.07) is 7.58. The van der Waals surface area contributed by atoms with Gasteiger partial charge in [0.25, 0.3) is 0 Å². The molecule has 4 nitrogen and oxygen atoms in total. The second kappa shape index (κ2) is 4.06. The van der Waals surface area contributed by atoms with Gasteiger partial charge in [-0.2, -0.15) is 0 Å². The summed E-state index contributed by atoms with van der Waals surface area (Å²) in [4.78, 5) is 15.2. The lowest BCUT2D eigenvalue weighted by atomic mass is 10.1. The number of nitrogens with two attached hydrogens (primary N) is 1. The normalized spacial score (nSPS) is 10.2. The lowest BCUT2D eigenvalue weighted by Crippen LogP contribution is -2.21. The van der Waals surface area contributed by atoms with E-state index in [1.165, 1.54) is 0 Å². The molecule has 0 saturated heterocycles. The van der Waals surface area contributed by atoms with Crippen LogP contribution in [0.1, 0.15) is 0 Å². The van der Waals surface area contributed by atoms with Gasteiger partial charge in [-0.05, 0) is 17.5 Å². The zero-order valence-corrected chi connectivity index (χ0v) is 8.10. The first kappa shape index (κ1) is 9.61. The fourth-order valence-electron chi connectivity index (χ4n) is 1.42. The number of nitrogens with zero attached hydrogens (tertiary/aromatic N) is 1. The summed E-state index contributed by atoms with van der Waals surface area (Å²) in [7, 11) is 0. The largest absolute Gasteiger partial charge is 0.324 e. The second-order valence-electron chi connectivity index (χ2n) is 3.15. The van der Waals surface area contributed by atoms with Crippen molar-refractivity contribution in [1.29, 1.82) is 0 Å². The molecule has 76 valence electrons. The molecule has 2 rings (SSSR count). The van der Waals surface area contributed by atoms with Crippen molar-refractivity contribution in [1.82, 2.24) is 4.98 Å². The van der Waals surface area contributed by atoms with Gasteiger partial charge in [-0.15, -0.1) is 0 Å². The third-order valence-electron chi connectivity index (χ3n) is 2.14. The van der Waals surface area contributed by atoms with Crippen molar-refractivity contribution in [2.75, 3.05) is 11.9 Å². The molecule has 4 heteroatoms. The monoisotopic (exact) mass is 201 g/mol. The first-order valence-electron chi connectivity index (χ1n) is 4.64. The Morgan fingerprint density at radius 2 is 2.27 bits per heavy atom. The second-order valence-corrected chi connectivity index (χ2v) is 3.15. The number of nitrogens with one attached hydrogen (secondary N) is 1. The topological polar surface area (TPSA) is 68.0 Å². The van der Waals surface area contributed by atoms with Crippen LogP contribution < -0.4 is 11.1 Å². The third kappa shape index (κ3) is 1.94. The van der Waals surface area contributed by atoms with Crippen LogP contribution in [-0.2, 0) is 4.79 Å². The van der Waals surface area contributed by atoms with E-state index in [-0.39, 0.29) is 12.5 Å². The third-order valence-corrected chi connectivity index (χ3v) is 2.14. The highest BCUT2D eigenvalue weighted by Crippen LogP contribution is 2.21. The molecule has 0 fully saturated rings. The zero-order chi connectivity index (χ0) is 10.7. The van der Waals surface area contributed by atoms with E-state index in [9.17, 15) is 4.79 Å². The summed E-state index contributed by atoms with van der Waals surface area (Å²) in [6.07, 6.45) is 3.44. The molecule has 15 heavy (non-hydrogen) atoms. The van der Waals surface area contributed by atoms with E-state index in [4.69, 9.17) is 5.73 Å². The average Bonchev–Trinajstić information content (AvgIpc) is 2.29. The average molecular weight is 201 g/mol. The summed E-state index contributed by atoms with van der Waals surface area (Å²) < 4.78 is 0. The lowest BCUT2D eigenvalue weighted by Gasteiger charge is -2.06. The van der Waals surface area contributed by atoms with Gasteiger partial charge in [-0.25, -0.2) is 0 Å². The van der Waals surface area contributed by atoms with Crippen molar-refractivity contribution in [3.63, 3.8) is 0 Å². The van der Waals surface area contributed by atoms with E-state index in [1.807, 2.05) is 24.3 Å². The quantitative estimate of drug-likeness (QED) is 0.765. The van der Waals surface area contributed by atoms with Crippen molar-refractivity contribution < 1.29 is 4.79 Å². The van der Waals surface area contributed by atoms with Crippen molar-refractivity contribution in [3.8, 4) is 0 Å². The molecule has 2 aromatic rings. The van der Waals surface area contributed by atoms with Gasteiger partial charge in [0.1, 0.15) is 0 Å². The van der Waals surface area contributed by atoms with Crippen LogP contribution in [0.3, 0.4) is 0 Å². The van der Waals surface area contributed by atoms with E-state index in [0.717, 1.165) is 16.5 Å². The van der Waals surface area contributed by atoms with Crippen molar-refractivity contribution in [2.45, 2.75) is 0 Å². The molecule has 0 radical (unpaired) electrons. The molecule has 0 aliphatic rings. The van der Waals surface area contributed by atoms with Crippen LogP contribution in [0.2, 0.25) is 0 Å². The van der Waals surface area contributed by atoms with Gasteiger partial charge in [0.2, 0.25) is 5.91 Å². The lowest BCUT2D eigenvalue weighted by molar-refractivity contribution is -0.114. The number of rotatable bonds is 2. The summed E-state index contributed by atoms with van der Waals surface area (Å²) in [5.41, 5.74) is 5.98. The zero-order valence-electron chi connectivity index (χ0n) is 8.10. The molecule has 0 spiro atoms. The van der Waals surface area contributed by atoms with Gasteiger partial charge < -0.3 is 11.1 Å². The highest BCUT2D eigenvalue weighted by molar-refractivity contribution is 6.02. The minimum absolute atomic E-state index is 0.0172. The minimum Gasteiger partial charge on any atom is -0.324 e. The Kier molecular flexibility index (Phi) is 2.60. The van der Waals surface area contributed by atoms with Crippen LogP contribution in [0.5, 0.6) is 0 Å². The van der Waals surface area contributed by atoms with Gasteiger partial charge in [0, 0.05) is 17.8 Å². The van der Waals surface area contributed by atoms with Crippen LogP contribution in [0, 0.1) is 0 Å². The maximum Gasteiger partial charge on any atom is 0.238 e. The van der Waals surface area contributed by atoms with Crippen LogP contribution in [0.15, 0.2) is 36.7 Å². The number of hydrogen-bond donors (Lipinski definition) is 2. The Morgan fingerprint density at radius 1 is 1.40 bits per heavy atom. The van der Waals surface area contributed by atoms with Gasteiger partial charge in [0.05, 0.1) is 12.2 Å². The number of hydrogen-bond acceptors (Lipinski definition) is 3. The van der Waals surface area contributed by atoms with E-state index in [0.29, 0.717) is 0 Å². The fourth-order valence-corrected chi connectivity index (χ4v) is 1.42. The molecule has 0 aliphatic heterocycles. The number of carbonyl (C=O) groups is 1. The fraction of sp³-hybridized carbons (Fsp3) is 0.0909. The molecule has 0 atom stereocenters. The molecular formula is C11H11N3O. The molecular weight excluding hydrogens is 190 g/mol. The number of anilines is 1. The number of carbonyl (C=O) groups excluding carboxylic acids is 1. The molecule has 1 amide bonds. The SMILES string of the molecule is NCC(=O)Nc1cccc2ccncc12. The highest BCUT2D eigenvalue weighted by Gasteiger charge is 2.03. The smallest absolute Gasteiger partial charge is 0.238 e. The van der Waals surface area contributed by atoms with Crippen molar-refractivity contribution in [3.05, 3.63) is 36.7 Å². The predicted octanol–water partition coefficient (Wildman–Crippen LogP) is 1.13. The van der Waals surface area contributed by atoms with E-state index < -0.39 is 0 Å². The van der Waals surface area contributed by atoms with Crippen LogP contribution in [-0.4, -0.2) is 17.4 Å². The molecule has 1 aromatic carbocycles. The number of aromatic nitrogens is 1. The van der Waals surface area contributed by atoms with Crippen LogP contribution in [0.4, 0.5) is 5.69 Å². The molecule has 3 N–H and O–H groups in total. The van der Waals surface area contributed by atoms with E-state index >= 15 is 0 Å².